The number of rotatable bonds is 5. The third-order valence-electron chi connectivity index (χ3n) is 6.26. The molecule has 144 valence electrons. The Morgan fingerprint density at radius 2 is 1.81 bits per heavy atom. The summed E-state index contributed by atoms with van der Waals surface area (Å²) < 4.78 is 0. The minimum absolute atomic E-state index is 0.287. The van der Waals surface area contributed by atoms with Crippen LogP contribution < -0.4 is 5.32 Å². The average molecular weight is 378 g/mol. The van der Waals surface area contributed by atoms with Crippen LogP contribution in [0.1, 0.15) is 44.7 Å². The van der Waals surface area contributed by atoms with E-state index >= 15 is 0 Å². The quantitative estimate of drug-likeness (QED) is 0.852. The minimum atomic E-state index is 0.287. The van der Waals surface area contributed by atoms with E-state index in [9.17, 15) is 4.79 Å². The molecule has 1 aromatic carbocycles. The van der Waals surface area contributed by atoms with Gasteiger partial charge < -0.3 is 10.2 Å². The third kappa shape index (κ3) is 4.79. The van der Waals surface area contributed by atoms with Crippen LogP contribution in [0, 0.1) is 11.8 Å². The molecule has 0 bridgehead atoms. The number of hydrogen-bond donors (Lipinski definition) is 1. The van der Waals surface area contributed by atoms with E-state index in [4.69, 9.17) is 11.6 Å². The van der Waals surface area contributed by atoms with Gasteiger partial charge in [0.2, 0.25) is 5.91 Å². The van der Waals surface area contributed by atoms with Crippen molar-refractivity contribution in [1.82, 2.24) is 15.1 Å². The molecule has 0 aromatic heterocycles. The lowest BCUT2D eigenvalue weighted by Gasteiger charge is -2.39. The first kappa shape index (κ1) is 19.7. The predicted octanol–water partition coefficient (Wildman–Crippen LogP) is 3.57. The summed E-state index contributed by atoms with van der Waals surface area (Å²) in [6.45, 7) is 10.1. The molecule has 2 unspecified atom stereocenters. The molecule has 2 aliphatic rings. The van der Waals surface area contributed by atoms with Crippen LogP contribution in [0.3, 0.4) is 0 Å². The SMILES string of the molecule is CC(CC(=O)N1CCN(C(C)c2ccccc2Cl)CC1)C1CCNCC1. The van der Waals surface area contributed by atoms with Crippen LogP contribution in [0.4, 0.5) is 0 Å². The summed E-state index contributed by atoms with van der Waals surface area (Å²) in [5.74, 6) is 1.52. The van der Waals surface area contributed by atoms with E-state index in [1.807, 2.05) is 18.2 Å². The molecule has 4 nitrogen and oxygen atoms in total. The largest absolute Gasteiger partial charge is 0.340 e. The fourth-order valence-electron chi connectivity index (χ4n) is 4.35. The molecular weight excluding hydrogens is 346 g/mol. The molecule has 2 heterocycles. The number of carbonyl (C=O) groups excluding carboxylic acids is 1. The summed E-state index contributed by atoms with van der Waals surface area (Å²) in [5.41, 5.74) is 1.17. The van der Waals surface area contributed by atoms with Gasteiger partial charge >= 0.3 is 0 Å². The van der Waals surface area contributed by atoms with Crippen molar-refractivity contribution in [3.63, 3.8) is 0 Å². The fourth-order valence-corrected chi connectivity index (χ4v) is 4.65. The Morgan fingerprint density at radius 1 is 1.15 bits per heavy atom. The third-order valence-corrected chi connectivity index (χ3v) is 6.60. The smallest absolute Gasteiger partial charge is 0.222 e. The van der Waals surface area contributed by atoms with Crippen molar-refractivity contribution in [2.75, 3.05) is 39.3 Å². The van der Waals surface area contributed by atoms with Gasteiger partial charge in [0.25, 0.3) is 0 Å². The Morgan fingerprint density at radius 3 is 2.46 bits per heavy atom. The Bertz CT molecular complexity index is 595. The zero-order valence-electron chi connectivity index (χ0n) is 16.1. The molecule has 5 heteroatoms. The molecule has 0 aliphatic carbocycles. The van der Waals surface area contributed by atoms with E-state index in [2.05, 4.69) is 35.0 Å². The van der Waals surface area contributed by atoms with Gasteiger partial charge in [0, 0.05) is 43.7 Å². The van der Waals surface area contributed by atoms with Crippen molar-refractivity contribution in [2.24, 2.45) is 11.8 Å². The highest BCUT2D eigenvalue weighted by Crippen LogP contribution is 2.29. The number of benzene rings is 1. The highest BCUT2D eigenvalue weighted by Gasteiger charge is 2.28. The molecule has 1 N–H and O–H groups in total. The van der Waals surface area contributed by atoms with Crippen LogP contribution in [-0.4, -0.2) is 55.0 Å². The summed E-state index contributed by atoms with van der Waals surface area (Å²) in [4.78, 5) is 17.2. The van der Waals surface area contributed by atoms with Crippen LogP contribution >= 0.6 is 11.6 Å². The monoisotopic (exact) mass is 377 g/mol. The zero-order valence-corrected chi connectivity index (χ0v) is 16.8. The van der Waals surface area contributed by atoms with Gasteiger partial charge in [0.1, 0.15) is 0 Å². The van der Waals surface area contributed by atoms with Gasteiger partial charge in [0.15, 0.2) is 0 Å². The van der Waals surface area contributed by atoms with Crippen molar-refractivity contribution >= 4 is 17.5 Å². The van der Waals surface area contributed by atoms with Gasteiger partial charge in [-0.25, -0.2) is 0 Å². The van der Waals surface area contributed by atoms with E-state index in [1.165, 1.54) is 18.4 Å². The van der Waals surface area contributed by atoms with Gasteiger partial charge in [0.05, 0.1) is 0 Å². The normalized spacial score (nSPS) is 22.2. The number of piperazine rings is 1. The second-order valence-corrected chi connectivity index (χ2v) is 8.29. The summed E-state index contributed by atoms with van der Waals surface area (Å²) in [7, 11) is 0. The first-order chi connectivity index (χ1) is 12.6. The maximum absolute atomic E-state index is 12.7. The van der Waals surface area contributed by atoms with Crippen LogP contribution in [-0.2, 0) is 4.79 Å². The summed E-state index contributed by atoms with van der Waals surface area (Å²) in [6, 6.07) is 8.36. The van der Waals surface area contributed by atoms with Gasteiger partial charge in [-0.2, -0.15) is 0 Å². The lowest BCUT2D eigenvalue weighted by Crippen LogP contribution is -2.49. The summed E-state index contributed by atoms with van der Waals surface area (Å²) in [6.07, 6.45) is 3.11. The van der Waals surface area contributed by atoms with E-state index in [0.717, 1.165) is 44.3 Å². The number of amides is 1. The molecule has 0 saturated carbocycles. The molecule has 2 aliphatic heterocycles. The van der Waals surface area contributed by atoms with Gasteiger partial charge in [-0.3, -0.25) is 9.69 Å². The molecule has 26 heavy (non-hydrogen) atoms. The van der Waals surface area contributed by atoms with E-state index in [0.29, 0.717) is 24.2 Å². The number of hydrogen-bond acceptors (Lipinski definition) is 3. The van der Waals surface area contributed by atoms with Gasteiger partial charge in [-0.15, -0.1) is 0 Å². The molecule has 1 aromatic rings. The highest BCUT2D eigenvalue weighted by molar-refractivity contribution is 6.31. The molecule has 3 rings (SSSR count). The van der Waals surface area contributed by atoms with Gasteiger partial charge in [-0.05, 0) is 56.3 Å². The summed E-state index contributed by atoms with van der Waals surface area (Å²) >= 11 is 6.35. The van der Waals surface area contributed by atoms with Crippen LogP contribution in [0.5, 0.6) is 0 Å². The molecule has 2 atom stereocenters. The molecule has 2 fully saturated rings. The Labute approximate surface area is 162 Å². The van der Waals surface area contributed by atoms with E-state index in [1.54, 1.807) is 0 Å². The van der Waals surface area contributed by atoms with Crippen molar-refractivity contribution in [3.05, 3.63) is 34.9 Å². The van der Waals surface area contributed by atoms with Crippen molar-refractivity contribution in [1.29, 1.82) is 0 Å². The van der Waals surface area contributed by atoms with E-state index < -0.39 is 0 Å². The zero-order chi connectivity index (χ0) is 18.5. The van der Waals surface area contributed by atoms with Gasteiger partial charge in [-0.1, -0.05) is 36.7 Å². The Kier molecular flexibility index (Phi) is 6.96. The number of nitrogens with zero attached hydrogens (tertiary/aromatic N) is 2. The second-order valence-electron chi connectivity index (χ2n) is 7.88. The number of piperidine rings is 1. The second kappa shape index (κ2) is 9.20. The average Bonchev–Trinajstić information content (AvgIpc) is 2.68. The Hall–Kier alpha value is -1.10. The standard InChI is InChI=1S/C21H32ClN3O/c1-16(18-7-9-23-10-8-18)15-21(26)25-13-11-24(12-14-25)17(2)19-5-3-4-6-20(19)22/h3-6,16-18,23H,7-15H2,1-2H3. The molecular formula is C21H32ClN3O. The Balaban J connectivity index is 1.48. The lowest BCUT2D eigenvalue weighted by molar-refractivity contribution is -0.134. The fraction of sp³-hybridized carbons (Fsp3) is 0.667. The maximum Gasteiger partial charge on any atom is 0.222 e. The first-order valence-electron chi connectivity index (χ1n) is 10.0. The molecule has 0 spiro atoms. The first-order valence-corrected chi connectivity index (χ1v) is 10.4. The van der Waals surface area contributed by atoms with Crippen molar-refractivity contribution in [3.8, 4) is 0 Å². The number of halogens is 1. The van der Waals surface area contributed by atoms with Crippen LogP contribution in [0.25, 0.3) is 0 Å². The van der Waals surface area contributed by atoms with Crippen molar-refractivity contribution < 1.29 is 4.79 Å². The topological polar surface area (TPSA) is 35.6 Å². The molecule has 2 saturated heterocycles. The minimum Gasteiger partial charge on any atom is -0.340 e. The lowest BCUT2D eigenvalue weighted by atomic mass is 9.84. The number of nitrogens with one attached hydrogen (secondary N) is 1. The van der Waals surface area contributed by atoms with E-state index in [-0.39, 0.29) is 6.04 Å². The van der Waals surface area contributed by atoms with Crippen LogP contribution in [0.2, 0.25) is 5.02 Å². The highest BCUT2D eigenvalue weighted by atomic mass is 35.5. The molecule has 1 amide bonds. The predicted molar refractivity (Wildman–Crippen MR) is 107 cm³/mol. The molecule has 0 radical (unpaired) electrons. The van der Waals surface area contributed by atoms with Crippen LogP contribution in [0.15, 0.2) is 24.3 Å². The number of carbonyl (C=O) groups is 1. The summed E-state index contributed by atoms with van der Waals surface area (Å²) in [5, 5.41) is 4.24. The maximum atomic E-state index is 12.7. The van der Waals surface area contributed by atoms with Crippen molar-refractivity contribution in [2.45, 2.75) is 39.2 Å².